The minimum Gasteiger partial charge on any atom is -0.506 e. The number of phenolic OH excluding ortho intramolecular Hbond substituents is 1. The first-order valence-electron chi connectivity index (χ1n) is 24.4. The van der Waals surface area contributed by atoms with Gasteiger partial charge in [-0.3, -0.25) is 38.5 Å². The van der Waals surface area contributed by atoms with E-state index < -0.39 is 29.8 Å². The van der Waals surface area contributed by atoms with Crippen LogP contribution in [0.4, 0.5) is 5.69 Å². The largest absolute Gasteiger partial charge is 0.506 e. The van der Waals surface area contributed by atoms with E-state index in [9.17, 15) is 38.7 Å². The number of ketones is 2. The molecule has 1 aliphatic rings. The van der Waals surface area contributed by atoms with E-state index in [4.69, 9.17) is 19.1 Å². The SMILES string of the molecule is CCC[C@H](Cc1ccc(O)c(NC(=O)CCCCC(=O)/C=C(/Br)C(=O)NCCOC)c1)NC(=O)c1csc([C@@H](C[C@H](C(C)C)N(C)C(=O)[C@@H](CC(=O)[C@H]2CCCCN2C)[C@@H](C)CC)OC(C)=O)n1.O=C=O. The Kier molecular flexibility index (Phi) is 28.6. The molecule has 0 unspecified atom stereocenters. The van der Waals surface area contributed by atoms with Crippen molar-refractivity contribution in [2.24, 2.45) is 17.8 Å². The Morgan fingerprint density at radius 2 is 1.76 bits per heavy atom. The summed E-state index contributed by atoms with van der Waals surface area (Å²) in [6.07, 6.45) is 7.49. The summed E-state index contributed by atoms with van der Waals surface area (Å²) >= 11 is 4.32. The number of esters is 1. The van der Waals surface area contributed by atoms with Gasteiger partial charge in [0.25, 0.3) is 11.8 Å². The van der Waals surface area contributed by atoms with Crippen molar-refractivity contribution in [3.8, 4) is 5.75 Å². The molecule has 3 rings (SSSR count). The number of carbonyl (C=O) groups excluding carboxylic acids is 9. The minimum atomic E-state index is -0.837. The van der Waals surface area contributed by atoms with Gasteiger partial charge in [-0.25, -0.2) is 4.98 Å². The second kappa shape index (κ2) is 32.8. The van der Waals surface area contributed by atoms with Crippen molar-refractivity contribution in [1.82, 2.24) is 25.4 Å². The van der Waals surface area contributed by atoms with Crippen molar-refractivity contribution >= 4 is 80.3 Å². The lowest BCUT2D eigenvalue weighted by Crippen LogP contribution is -2.48. The standard InChI is InChI=1S/C50H75BrN6O10S.CO2/c1-10-16-35(25-34-20-21-43(60)39(26-34)54-46(62)19-13-12-17-36(59)27-38(51)47(63)52-22-24-66-9)53-48(64)40-30-68-49(55-40)45(67-33(6)58)29-42(31(3)4)57(8)50(65)37(32(5)11-2)28-44(61)41-18-14-15-23-56(41)7;2-1-3/h20-21,26-27,30-32,35,37,41-42,45,60H,10-19,22-25,28-29H2,1-9H3,(H,52,63)(H,53,64)(H,54,62);/b38-27+;/t32-,35+,37-,41+,42+,45+;/m0./s1. The number of anilines is 1. The average molecular weight is 1080 g/mol. The molecule has 1 aromatic heterocycles. The molecule has 1 fully saturated rings. The predicted octanol–water partition coefficient (Wildman–Crippen LogP) is 7.10. The van der Waals surface area contributed by atoms with Crippen molar-refractivity contribution in [3.63, 3.8) is 0 Å². The van der Waals surface area contributed by atoms with Crippen molar-refractivity contribution in [2.45, 2.75) is 149 Å². The number of unbranched alkanes of at least 4 members (excludes halogenated alkanes) is 1. The van der Waals surface area contributed by atoms with Crippen LogP contribution in [0.2, 0.25) is 0 Å². The lowest BCUT2D eigenvalue weighted by atomic mass is 9.83. The van der Waals surface area contributed by atoms with Crippen LogP contribution in [0.1, 0.15) is 146 Å². The topological polar surface area (TPSA) is 248 Å². The van der Waals surface area contributed by atoms with Crippen LogP contribution >= 0.6 is 27.3 Å². The van der Waals surface area contributed by atoms with Gasteiger partial charge in [0.15, 0.2) is 17.7 Å². The van der Waals surface area contributed by atoms with E-state index in [0.29, 0.717) is 43.8 Å². The molecule has 18 nitrogen and oxygen atoms in total. The van der Waals surface area contributed by atoms with Gasteiger partial charge in [0.1, 0.15) is 16.5 Å². The van der Waals surface area contributed by atoms with Gasteiger partial charge in [0.05, 0.1) is 22.8 Å². The number of likely N-dealkylation sites (tertiary alicyclic amines) is 1. The highest BCUT2D eigenvalue weighted by Gasteiger charge is 2.37. The summed E-state index contributed by atoms with van der Waals surface area (Å²) in [4.78, 5) is 116. The number of benzene rings is 1. The average Bonchev–Trinajstić information content (AvgIpc) is 3.82. The van der Waals surface area contributed by atoms with Crippen LogP contribution in [0.3, 0.4) is 0 Å². The van der Waals surface area contributed by atoms with Gasteiger partial charge in [-0.1, -0.05) is 59.9 Å². The highest BCUT2D eigenvalue weighted by Crippen LogP contribution is 2.33. The molecular weight excluding hydrogens is 1000 g/mol. The van der Waals surface area contributed by atoms with Crippen LogP contribution in [-0.4, -0.2) is 126 Å². The summed E-state index contributed by atoms with van der Waals surface area (Å²) in [7, 11) is 5.25. The van der Waals surface area contributed by atoms with Gasteiger partial charge in [0, 0.05) is 82.8 Å². The number of halogens is 1. The molecule has 20 heteroatoms. The van der Waals surface area contributed by atoms with Crippen molar-refractivity contribution in [3.05, 3.63) is 50.4 Å². The minimum absolute atomic E-state index is 0.0210. The van der Waals surface area contributed by atoms with Crippen molar-refractivity contribution < 1.29 is 57.7 Å². The number of carbonyl (C=O) groups is 7. The Morgan fingerprint density at radius 1 is 1.07 bits per heavy atom. The predicted molar refractivity (Wildman–Crippen MR) is 272 cm³/mol. The van der Waals surface area contributed by atoms with Gasteiger partial charge in [-0.15, -0.1) is 11.3 Å². The fourth-order valence-electron chi connectivity index (χ4n) is 8.47. The highest BCUT2D eigenvalue weighted by molar-refractivity contribution is 9.12. The number of ether oxygens (including phenoxy) is 2. The zero-order valence-corrected chi connectivity index (χ0v) is 45.2. The Hall–Kier alpha value is -5.14. The third-order valence-electron chi connectivity index (χ3n) is 12.6. The molecule has 1 aliphatic heterocycles. The summed E-state index contributed by atoms with van der Waals surface area (Å²) in [6, 6.07) is 4.00. The molecule has 2 heterocycles. The van der Waals surface area contributed by atoms with Crippen LogP contribution < -0.4 is 16.0 Å². The number of likely N-dealkylation sites (N-methyl/N-ethyl adjacent to an activating group) is 1. The number of hydrogen-bond acceptors (Lipinski definition) is 15. The molecule has 1 saturated heterocycles. The maximum absolute atomic E-state index is 14.4. The number of nitrogens with zero attached hydrogens (tertiary/aromatic N) is 3. The second-order valence-corrected chi connectivity index (χ2v) is 20.1. The fourth-order valence-corrected chi connectivity index (χ4v) is 9.70. The highest BCUT2D eigenvalue weighted by atomic mass is 79.9. The maximum atomic E-state index is 14.4. The summed E-state index contributed by atoms with van der Waals surface area (Å²) in [6.45, 7) is 12.9. The molecule has 0 aliphatic carbocycles. The molecule has 0 saturated carbocycles. The van der Waals surface area contributed by atoms with Crippen LogP contribution in [0, 0.1) is 17.8 Å². The number of aromatic hydroxyl groups is 1. The lowest BCUT2D eigenvalue weighted by molar-refractivity contribution is -0.191. The van der Waals surface area contributed by atoms with E-state index in [1.165, 1.54) is 37.5 Å². The second-order valence-electron chi connectivity index (χ2n) is 18.4. The number of aromatic nitrogens is 1. The van der Waals surface area contributed by atoms with Crippen molar-refractivity contribution in [1.29, 1.82) is 0 Å². The zero-order valence-electron chi connectivity index (χ0n) is 42.8. The molecule has 0 bridgehead atoms. The fraction of sp³-hybridized carbons (Fsp3) is 0.627. The third-order valence-corrected chi connectivity index (χ3v) is 14.1. The molecule has 394 valence electrons. The number of nitrogens with one attached hydrogen (secondary N) is 3. The van der Waals surface area contributed by atoms with E-state index in [1.807, 2.05) is 41.7 Å². The van der Waals surface area contributed by atoms with Gasteiger partial charge in [0.2, 0.25) is 11.8 Å². The summed E-state index contributed by atoms with van der Waals surface area (Å²) in [5, 5.41) is 21.1. The molecule has 4 N–H and O–H groups in total. The Morgan fingerprint density at radius 3 is 2.38 bits per heavy atom. The number of piperidine rings is 1. The summed E-state index contributed by atoms with van der Waals surface area (Å²) in [5.41, 5.74) is 1.14. The number of rotatable bonds is 29. The van der Waals surface area contributed by atoms with Crippen LogP contribution in [0.15, 0.2) is 34.1 Å². The maximum Gasteiger partial charge on any atom is 0.373 e. The van der Waals surface area contributed by atoms with E-state index in [-0.39, 0.29) is 107 Å². The van der Waals surface area contributed by atoms with Crippen molar-refractivity contribution in [2.75, 3.05) is 46.2 Å². The molecule has 4 amide bonds. The van der Waals surface area contributed by atoms with Gasteiger partial charge >= 0.3 is 12.1 Å². The molecular formula is C51H75BrN6O12S. The first kappa shape index (κ1) is 62.0. The molecule has 71 heavy (non-hydrogen) atoms. The molecule has 6 atom stereocenters. The summed E-state index contributed by atoms with van der Waals surface area (Å²) < 4.78 is 10.8. The van der Waals surface area contributed by atoms with Crippen LogP contribution in [0.5, 0.6) is 5.75 Å². The number of allylic oxidation sites excluding steroid dienone is 1. The Labute approximate surface area is 430 Å². The van der Waals surface area contributed by atoms with E-state index in [1.54, 1.807) is 29.5 Å². The Bertz CT molecular complexity index is 2140. The number of phenols is 1. The van der Waals surface area contributed by atoms with Gasteiger partial charge < -0.3 is 35.4 Å². The zero-order chi connectivity index (χ0) is 53.2. The molecule has 1 aromatic carbocycles. The van der Waals surface area contributed by atoms with Gasteiger partial charge in [-0.2, -0.15) is 9.59 Å². The number of Topliss-reactive ketones (excluding diaryl/α,β-unsaturated/α-hetero) is 1. The first-order chi connectivity index (χ1) is 33.7. The summed E-state index contributed by atoms with van der Waals surface area (Å²) in [5.74, 6) is -2.65. The number of thiazole rings is 1. The molecule has 0 spiro atoms. The van der Waals surface area contributed by atoms with Crippen LogP contribution in [0.25, 0.3) is 0 Å². The lowest BCUT2D eigenvalue weighted by Gasteiger charge is -2.37. The van der Waals surface area contributed by atoms with Gasteiger partial charge in [-0.05, 0) is 97.6 Å². The quantitative estimate of drug-likeness (QED) is 0.0275. The van der Waals surface area contributed by atoms with E-state index in [2.05, 4.69) is 41.8 Å². The van der Waals surface area contributed by atoms with Crippen LogP contribution in [-0.2, 0) is 54.3 Å². The van der Waals surface area contributed by atoms with E-state index in [0.717, 1.165) is 44.2 Å². The third kappa shape index (κ3) is 21.6. The van der Waals surface area contributed by atoms with E-state index >= 15 is 0 Å². The number of methoxy groups -OCH3 is 1. The number of amides is 4. The smallest absolute Gasteiger partial charge is 0.373 e. The Balaban J connectivity index is 0.00000561. The number of hydrogen-bond donors (Lipinski definition) is 4. The first-order valence-corrected chi connectivity index (χ1v) is 26.1. The molecule has 2 aromatic rings. The normalized spacial score (nSPS) is 15.9. The monoisotopic (exact) mass is 1070 g/mol. The molecule has 0 radical (unpaired) electrons.